The second-order valence-corrected chi connectivity index (χ2v) is 6.39. The van der Waals surface area contributed by atoms with Crippen molar-refractivity contribution in [3.63, 3.8) is 0 Å². The summed E-state index contributed by atoms with van der Waals surface area (Å²) in [5, 5.41) is 8.96. The molecule has 0 fully saturated rings. The van der Waals surface area contributed by atoms with Gasteiger partial charge in [0.1, 0.15) is 0 Å². The number of allylic oxidation sites excluding steroid dienone is 4. The van der Waals surface area contributed by atoms with E-state index in [2.05, 4.69) is 44.2 Å². The predicted octanol–water partition coefficient (Wildman–Crippen LogP) is 5.59. The molecule has 0 saturated carbocycles. The van der Waals surface area contributed by atoms with Crippen LogP contribution in [0.1, 0.15) is 52.0 Å². The van der Waals surface area contributed by atoms with Crippen LogP contribution in [0.4, 0.5) is 0 Å². The summed E-state index contributed by atoms with van der Waals surface area (Å²) in [6, 6.07) is 10.3. The van der Waals surface area contributed by atoms with Gasteiger partial charge in [-0.05, 0) is 52.0 Å². The van der Waals surface area contributed by atoms with E-state index in [1.807, 2.05) is 25.1 Å². The van der Waals surface area contributed by atoms with E-state index in [0.717, 1.165) is 31.3 Å². The minimum Gasteiger partial charge on any atom is -0.392 e. The highest BCUT2D eigenvalue weighted by atomic mass is 16.5. The molecule has 0 aromatic heterocycles. The fourth-order valence-corrected chi connectivity index (χ4v) is 2.31. The average Bonchev–Trinajstić information content (AvgIpc) is 2.59. The fourth-order valence-electron chi connectivity index (χ4n) is 2.31. The Labute approximate surface area is 147 Å². The first-order valence-electron chi connectivity index (χ1n) is 8.81. The highest BCUT2D eigenvalue weighted by Crippen LogP contribution is 2.11. The molecule has 2 heteroatoms. The summed E-state index contributed by atoms with van der Waals surface area (Å²) in [5.74, 6) is 0. The monoisotopic (exact) mass is 328 g/mol. The van der Waals surface area contributed by atoms with E-state index in [-0.39, 0.29) is 6.61 Å². The van der Waals surface area contributed by atoms with Gasteiger partial charge in [0.05, 0.1) is 19.8 Å². The van der Waals surface area contributed by atoms with Crippen molar-refractivity contribution in [1.29, 1.82) is 0 Å². The third-order valence-corrected chi connectivity index (χ3v) is 3.97. The maximum absolute atomic E-state index is 8.96. The van der Waals surface area contributed by atoms with E-state index >= 15 is 0 Å². The van der Waals surface area contributed by atoms with Gasteiger partial charge < -0.3 is 9.84 Å². The molecule has 0 amide bonds. The number of benzene rings is 1. The first kappa shape index (κ1) is 20.4. The van der Waals surface area contributed by atoms with Crippen LogP contribution in [0, 0.1) is 0 Å². The topological polar surface area (TPSA) is 29.5 Å². The largest absolute Gasteiger partial charge is 0.392 e. The van der Waals surface area contributed by atoms with Gasteiger partial charge in [-0.1, -0.05) is 65.3 Å². The van der Waals surface area contributed by atoms with Crippen molar-refractivity contribution in [3.8, 4) is 0 Å². The molecule has 0 atom stereocenters. The third kappa shape index (κ3) is 10.2. The molecular formula is C22H32O2. The summed E-state index contributed by atoms with van der Waals surface area (Å²) >= 11 is 0. The van der Waals surface area contributed by atoms with Crippen LogP contribution in [-0.2, 0) is 11.3 Å². The second kappa shape index (κ2) is 12.7. The molecule has 2 nitrogen and oxygen atoms in total. The summed E-state index contributed by atoms with van der Waals surface area (Å²) in [5.41, 5.74) is 5.07. The van der Waals surface area contributed by atoms with E-state index in [9.17, 15) is 0 Å². The van der Waals surface area contributed by atoms with Crippen molar-refractivity contribution >= 4 is 0 Å². The summed E-state index contributed by atoms with van der Waals surface area (Å²) in [7, 11) is 0. The molecule has 0 heterocycles. The zero-order valence-electron chi connectivity index (χ0n) is 15.4. The molecule has 0 aliphatic carbocycles. The van der Waals surface area contributed by atoms with Gasteiger partial charge in [0.15, 0.2) is 0 Å². The number of ether oxygens (including phenoxy) is 1. The first-order valence-corrected chi connectivity index (χ1v) is 8.81. The minimum absolute atomic E-state index is 0.166. The van der Waals surface area contributed by atoms with Crippen LogP contribution in [0.25, 0.3) is 0 Å². The van der Waals surface area contributed by atoms with Crippen molar-refractivity contribution in [2.75, 3.05) is 13.2 Å². The van der Waals surface area contributed by atoms with Gasteiger partial charge in [-0.15, -0.1) is 0 Å². The third-order valence-electron chi connectivity index (χ3n) is 3.97. The van der Waals surface area contributed by atoms with Gasteiger partial charge in [0.25, 0.3) is 0 Å². The standard InChI is InChI=1S/C22H32O2/c1-19(10-8-12-21(3)17-23)9-7-11-20(2)15-16-24-18-22-13-5-4-6-14-22/h4-6,9,12-15,23H,7-8,10-11,16-18H2,1-3H3. The molecule has 1 N–H and O–H groups in total. The molecular weight excluding hydrogens is 296 g/mol. The summed E-state index contributed by atoms with van der Waals surface area (Å²) < 4.78 is 5.69. The smallest absolute Gasteiger partial charge is 0.0721 e. The Balaban J connectivity index is 2.17. The van der Waals surface area contributed by atoms with Gasteiger partial charge >= 0.3 is 0 Å². The molecule has 132 valence electrons. The highest BCUT2D eigenvalue weighted by molar-refractivity contribution is 5.13. The normalized spacial score (nSPS) is 13.4. The predicted molar refractivity (Wildman–Crippen MR) is 103 cm³/mol. The quantitative estimate of drug-likeness (QED) is 0.423. The zero-order valence-corrected chi connectivity index (χ0v) is 15.4. The number of hydrogen-bond donors (Lipinski definition) is 1. The SMILES string of the molecule is CC(=CCCC(C)=CCCC(C)=CCOCc1ccccc1)CO. The van der Waals surface area contributed by atoms with Gasteiger partial charge in [-0.2, -0.15) is 0 Å². The molecule has 0 radical (unpaired) electrons. The Morgan fingerprint density at radius 3 is 2.08 bits per heavy atom. The number of hydrogen-bond acceptors (Lipinski definition) is 2. The van der Waals surface area contributed by atoms with E-state index < -0.39 is 0 Å². The van der Waals surface area contributed by atoms with Crippen molar-refractivity contribution in [2.45, 2.75) is 53.1 Å². The van der Waals surface area contributed by atoms with Crippen molar-refractivity contribution in [3.05, 3.63) is 70.8 Å². The molecule has 0 aliphatic heterocycles. The van der Waals surface area contributed by atoms with Crippen LogP contribution in [0.3, 0.4) is 0 Å². The Bertz CT molecular complexity index is 538. The lowest BCUT2D eigenvalue weighted by Gasteiger charge is -2.04. The van der Waals surface area contributed by atoms with Crippen LogP contribution in [-0.4, -0.2) is 18.3 Å². The molecule has 0 saturated heterocycles. The van der Waals surface area contributed by atoms with E-state index in [1.54, 1.807) is 0 Å². The average molecular weight is 328 g/mol. The fraction of sp³-hybridized carbons (Fsp3) is 0.455. The van der Waals surface area contributed by atoms with Crippen LogP contribution in [0.5, 0.6) is 0 Å². The highest BCUT2D eigenvalue weighted by Gasteiger charge is 1.94. The number of aliphatic hydroxyl groups excluding tert-OH is 1. The number of rotatable bonds is 11. The Morgan fingerprint density at radius 1 is 0.875 bits per heavy atom. The molecule has 0 bridgehead atoms. The van der Waals surface area contributed by atoms with Gasteiger partial charge in [0, 0.05) is 0 Å². The molecule has 0 aliphatic rings. The Hall–Kier alpha value is -1.64. The maximum Gasteiger partial charge on any atom is 0.0721 e. The molecule has 1 rings (SSSR count). The van der Waals surface area contributed by atoms with E-state index in [4.69, 9.17) is 9.84 Å². The molecule has 1 aromatic carbocycles. The molecule has 24 heavy (non-hydrogen) atoms. The summed E-state index contributed by atoms with van der Waals surface area (Å²) in [6.45, 7) is 7.83. The summed E-state index contributed by atoms with van der Waals surface area (Å²) in [4.78, 5) is 0. The van der Waals surface area contributed by atoms with Crippen LogP contribution in [0.15, 0.2) is 65.3 Å². The molecule has 0 unspecified atom stereocenters. The van der Waals surface area contributed by atoms with Crippen LogP contribution >= 0.6 is 0 Å². The van der Waals surface area contributed by atoms with Crippen LogP contribution in [0.2, 0.25) is 0 Å². The summed E-state index contributed by atoms with van der Waals surface area (Å²) in [6.07, 6.45) is 10.9. The minimum atomic E-state index is 0.166. The second-order valence-electron chi connectivity index (χ2n) is 6.39. The Kier molecular flexibility index (Phi) is 10.8. The van der Waals surface area contributed by atoms with Gasteiger partial charge in [-0.25, -0.2) is 0 Å². The van der Waals surface area contributed by atoms with Gasteiger partial charge in [-0.3, -0.25) is 0 Å². The van der Waals surface area contributed by atoms with E-state index in [1.165, 1.54) is 16.7 Å². The van der Waals surface area contributed by atoms with Crippen LogP contribution < -0.4 is 0 Å². The molecule has 0 spiro atoms. The first-order chi connectivity index (χ1) is 11.6. The molecule has 1 aromatic rings. The Morgan fingerprint density at radius 2 is 1.46 bits per heavy atom. The van der Waals surface area contributed by atoms with Gasteiger partial charge in [0.2, 0.25) is 0 Å². The lowest BCUT2D eigenvalue weighted by atomic mass is 10.1. The van der Waals surface area contributed by atoms with Crippen molar-refractivity contribution < 1.29 is 9.84 Å². The lowest BCUT2D eigenvalue weighted by Crippen LogP contribution is -1.93. The number of aliphatic hydroxyl groups is 1. The zero-order chi connectivity index (χ0) is 17.6. The van der Waals surface area contributed by atoms with Crippen molar-refractivity contribution in [2.24, 2.45) is 0 Å². The lowest BCUT2D eigenvalue weighted by molar-refractivity contribution is 0.148. The maximum atomic E-state index is 8.96. The van der Waals surface area contributed by atoms with Crippen molar-refractivity contribution in [1.82, 2.24) is 0 Å². The van der Waals surface area contributed by atoms with E-state index in [0.29, 0.717) is 13.2 Å².